The first kappa shape index (κ1) is 16.9. The first-order valence-corrected chi connectivity index (χ1v) is 7.67. The molecule has 1 aliphatic rings. The average Bonchev–Trinajstić information content (AvgIpc) is 2.83. The molecule has 1 heterocycles. The van der Waals surface area contributed by atoms with Crippen LogP contribution >= 0.6 is 11.8 Å². The molecular weight excluding hydrogens is 320 g/mol. The Morgan fingerprint density at radius 3 is 2.74 bits per heavy atom. The molecule has 0 aromatic heterocycles. The summed E-state index contributed by atoms with van der Waals surface area (Å²) in [6.45, 7) is 2.24. The van der Waals surface area contributed by atoms with Gasteiger partial charge in [0.2, 0.25) is 0 Å². The summed E-state index contributed by atoms with van der Waals surface area (Å²) >= 11 is 0.842. The van der Waals surface area contributed by atoms with Gasteiger partial charge in [0.25, 0.3) is 17.1 Å². The van der Waals surface area contributed by atoms with Crippen molar-refractivity contribution in [3.8, 4) is 11.5 Å². The van der Waals surface area contributed by atoms with Gasteiger partial charge in [-0.3, -0.25) is 19.7 Å². The molecule has 23 heavy (non-hydrogen) atoms. The van der Waals surface area contributed by atoms with E-state index in [0.29, 0.717) is 28.5 Å². The van der Waals surface area contributed by atoms with Gasteiger partial charge in [-0.2, -0.15) is 0 Å². The molecule has 1 fully saturated rings. The minimum Gasteiger partial charge on any atom is -0.493 e. The van der Waals surface area contributed by atoms with Crippen LogP contribution in [-0.4, -0.2) is 37.3 Å². The number of amides is 3. The molecule has 2 N–H and O–H groups in total. The van der Waals surface area contributed by atoms with Crippen molar-refractivity contribution in [2.24, 2.45) is 0 Å². The van der Waals surface area contributed by atoms with Crippen molar-refractivity contribution >= 4 is 34.9 Å². The number of ether oxygens (including phenoxy) is 2. The van der Waals surface area contributed by atoms with E-state index in [9.17, 15) is 14.4 Å². The number of carbonyl (C=O) groups is 3. The minimum atomic E-state index is -0.421. The predicted octanol–water partition coefficient (Wildman–Crippen LogP) is 1.53. The third-order valence-corrected chi connectivity index (χ3v) is 3.67. The van der Waals surface area contributed by atoms with Gasteiger partial charge in [0.05, 0.1) is 12.0 Å². The van der Waals surface area contributed by atoms with Gasteiger partial charge in [-0.1, -0.05) is 6.07 Å². The van der Waals surface area contributed by atoms with Crippen LogP contribution in [0.2, 0.25) is 0 Å². The maximum absolute atomic E-state index is 11.5. The number of hydrogen-bond donors (Lipinski definition) is 2. The Morgan fingerprint density at radius 1 is 1.35 bits per heavy atom. The van der Waals surface area contributed by atoms with Gasteiger partial charge in [0.1, 0.15) is 0 Å². The molecule has 1 saturated heterocycles. The second-order valence-electron chi connectivity index (χ2n) is 4.50. The van der Waals surface area contributed by atoms with Gasteiger partial charge in [-0.25, -0.2) is 0 Å². The fourth-order valence-electron chi connectivity index (χ4n) is 1.86. The van der Waals surface area contributed by atoms with Gasteiger partial charge in [0.15, 0.2) is 18.1 Å². The Labute approximate surface area is 137 Å². The van der Waals surface area contributed by atoms with E-state index in [1.807, 2.05) is 6.92 Å². The zero-order chi connectivity index (χ0) is 16.8. The molecule has 0 aliphatic carbocycles. The van der Waals surface area contributed by atoms with Crippen molar-refractivity contribution in [3.05, 3.63) is 28.7 Å². The molecule has 1 aromatic carbocycles. The molecule has 0 unspecified atom stereocenters. The fraction of sp³-hybridized carbons (Fsp3) is 0.267. The Balaban J connectivity index is 2.13. The average molecular weight is 336 g/mol. The molecule has 1 aromatic rings. The highest BCUT2D eigenvalue weighted by molar-refractivity contribution is 8.18. The number of likely N-dealkylation sites (N-methyl/N-ethyl adjacent to an activating group) is 1. The van der Waals surface area contributed by atoms with E-state index in [4.69, 9.17) is 9.47 Å². The molecule has 7 nitrogen and oxygen atoms in total. The Morgan fingerprint density at radius 2 is 2.13 bits per heavy atom. The fourth-order valence-corrected chi connectivity index (χ4v) is 2.54. The van der Waals surface area contributed by atoms with Crippen LogP contribution in [-0.2, 0) is 9.59 Å². The SMILES string of the molecule is CCNC(=O)COc1ccc(/C=C2\SC(=O)NC2=O)cc1OC. The maximum atomic E-state index is 11.5. The van der Waals surface area contributed by atoms with Crippen LogP contribution < -0.4 is 20.1 Å². The van der Waals surface area contributed by atoms with Crippen molar-refractivity contribution in [3.63, 3.8) is 0 Å². The van der Waals surface area contributed by atoms with Crippen molar-refractivity contribution in [1.82, 2.24) is 10.6 Å². The molecule has 8 heteroatoms. The van der Waals surface area contributed by atoms with Crippen LogP contribution in [0.5, 0.6) is 11.5 Å². The summed E-state index contributed by atoms with van der Waals surface area (Å²) in [6, 6.07) is 5.01. The third-order valence-electron chi connectivity index (χ3n) is 2.86. The van der Waals surface area contributed by atoms with E-state index in [1.54, 1.807) is 24.3 Å². The number of carbonyl (C=O) groups excluding carboxylic acids is 3. The van der Waals surface area contributed by atoms with Crippen LogP contribution in [0.1, 0.15) is 12.5 Å². The first-order chi connectivity index (χ1) is 11.0. The third kappa shape index (κ3) is 4.49. The van der Waals surface area contributed by atoms with Gasteiger partial charge < -0.3 is 14.8 Å². The molecule has 0 saturated carbocycles. The second kappa shape index (κ2) is 7.68. The van der Waals surface area contributed by atoms with Crippen LogP contribution in [0.3, 0.4) is 0 Å². The Kier molecular flexibility index (Phi) is 5.64. The van der Waals surface area contributed by atoms with E-state index in [2.05, 4.69) is 10.6 Å². The largest absolute Gasteiger partial charge is 0.493 e. The maximum Gasteiger partial charge on any atom is 0.290 e. The molecule has 0 radical (unpaired) electrons. The normalized spacial score (nSPS) is 15.5. The smallest absolute Gasteiger partial charge is 0.290 e. The number of thioether (sulfide) groups is 1. The zero-order valence-electron chi connectivity index (χ0n) is 12.7. The summed E-state index contributed by atoms with van der Waals surface area (Å²) in [7, 11) is 1.48. The quantitative estimate of drug-likeness (QED) is 0.765. The number of nitrogens with one attached hydrogen (secondary N) is 2. The lowest BCUT2D eigenvalue weighted by atomic mass is 10.2. The van der Waals surface area contributed by atoms with Crippen LogP contribution in [0.4, 0.5) is 4.79 Å². The predicted molar refractivity (Wildman–Crippen MR) is 86.3 cm³/mol. The van der Waals surface area contributed by atoms with Crippen LogP contribution in [0.15, 0.2) is 23.1 Å². The van der Waals surface area contributed by atoms with Crippen molar-refractivity contribution in [2.45, 2.75) is 6.92 Å². The lowest BCUT2D eigenvalue weighted by Gasteiger charge is -2.11. The van der Waals surface area contributed by atoms with E-state index < -0.39 is 11.1 Å². The number of benzene rings is 1. The van der Waals surface area contributed by atoms with Crippen molar-refractivity contribution in [2.75, 3.05) is 20.3 Å². The highest BCUT2D eigenvalue weighted by Gasteiger charge is 2.25. The topological polar surface area (TPSA) is 93.7 Å². The molecular formula is C15H16N2O5S. The van der Waals surface area contributed by atoms with Crippen molar-refractivity contribution < 1.29 is 23.9 Å². The monoisotopic (exact) mass is 336 g/mol. The highest BCUT2D eigenvalue weighted by atomic mass is 32.2. The van der Waals surface area contributed by atoms with E-state index in [1.165, 1.54) is 7.11 Å². The lowest BCUT2D eigenvalue weighted by molar-refractivity contribution is -0.123. The van der Waals surface area contributed by atoms with E-state index in [0.717, 1.165) is 11.8 Å². The molecule has 0 spiro atoms. The van der Waals surface area contributed by atoms with Gasteiger partial charge in [-0.05, 0) is 42.5 Å². The number of imide groups is 1. The van der Waals surface area contributed by atoms with Crippen LogP contribution in [0, 0.1) is 0 Å². The van der Waals surface area contributed by atoms with E-state index >= 15 is 0 Å². The Bertz CT molecular complexity index is 672. The summed E-state index contributed by atoms with van der Waals surface area (Å²) in [6.07, 6.45) is 1.58. The minimum absolute atomic E-state index is 0.114. The lowest BCUT2D eigenvalue weighted by Crippen LogP contribution is -2.28. The van der Waals surface area contributed by atoms with E-state index in [-0.39, 0.29) is 12.5 Å². The van der Waals surface area contributed by atoms with Gasteiger partial charge in [0, 0.05) is 6.54 Å². The number of hydrogen-bond acceptors (Lipinski definition) is 6. The number of rotatable bonds is 6. The highest BCUT2D eigenvalue weighted by Crippen LogP contribution is 2.31. The van der Waals surface area contributed by atoms with Gasteiger partial charge in [-0.15, -0.1) is 0 Å². The standard InChI is InChI=1S/C15H16N2O5S/c1-3-16-13(18)8-22-10-5-4-9(6-11(10)21-2)7-12-14(19)17-15(20)23-12/h4-7H,3,8H2,1-2H3,(H,16,18)(H,17,19,20)/b12-7-. The van der Waals surface area contributed by atoms with Crippen LogP contribution in [0.25, 0.3) is 6.08 Å². The molecule has 0 bridgehead atoms. The summed E-state index contributed by atoms with van der Waals surface area (Å²) < 4.78 is 10.6. The summed E-state index contributed by atoms with van der Waals surface area (Å²) in [4.78, 5) is 34.4. The molecule has 122 valence electrons. The molecule has 2 rings (SSSR count). The number of methoxy groups -OCH3 is 1. The molecule has 3 amide bonds. The molecule has 0 atom stereocenters. The summed E-state index contributed by atoms with van der Waals surface area (Å²) in [5.74, 6) is 0.202. The molecule has 1 aliphatic heterocycles. The van der Waals surface area contributed by atoms with Crippen molar-refractivity contribution in [1.29, 1.82) is 0 Å². The summed E-state index contributed by atoms with van der Waals surface area (Å²) in [5.41, 5.74) is 0.680. The zero-order valence-corrected chi connectivity index (χ0v) is 13.5. The summed E-state index contributed by atoms with van der Waals surface area (Å²) in [5, 5.41) is 4.42. The second-order valence-corrected chi connectivity index (χ2v) is 5.52. The first-order valence-electron chi connectivity index (χ1n) is 6.86. The van der Waals surface area contributed by atoms with Gasteiger partial charge >= 0.3 is 0 Å². The Hall–Kier alpha value is -2.48.